The molecule has 0 N–H and O–H groups in total. The molecule has 2 aliphatic rings. The Kier molecular flexibility index (Phi) is 9.71. The van der Waals surface area contributed by atoms with Crippen LogP contribution in [0.25, 0.3) is 0 Å². The first-order valence-corrected chi connectivity index (χ1v) is 15.0. The Morgan fingerprint density at radius 1 is 0.900 bits per heavy atom. The van der Waals surface area contributed by atoms with Crippen LogP contribution in [0.15, 0.2) is 72.8 Å². The number of carbonyl (C=O) groups is 1. The highest BCUT2D eigenvalue weighted by molar-refractivity contribution is 5.96. The number of ether oxygens (including phenoxy) is 1. The van der Waals surface area contributed by atoms with E-state index in [1.807, 2.05) is 24.3 Å². The van der Waals surface area contributed by atoms with Crippen LogP contribution in [-0.4, -0.2) is 53.9 Å². The predicted octanol–water partition coefficient (Wildman–Crippen LogP) is 6.89. The summed E-state index contributed by atoms with van der Waals surface area (Å²) in [6, 6.07) is 25.3. The quantitative estimate of drug-likeness (QED) is 0.221. The first-order valence-electron chi connectivity index (χ1n) is 15.0. The summed E-state index contributed by atoms with van der Waals surface area (Å²) in [4.78, 5) is 17.9. The highest BCUT2D eigenvalue weighted by Gasteiger charge is 2.24. The van der Waals surface area contributed by atoms with Crippen molar-refractivity contribution in [3.8, 4) is 17.6 Å². The fraction of sp³-hybridized carbons (Fsp3) is 0.417. The summed E-state index contributed by atoms with van der Waals surface area (Å²) in [5, 5.41) is 0. The fourth-order valence-corrected chi connectivity index (χ4v) is 5.99. The summed E-state index contributed by atoms with van der Waals surface area (Å²) in [5.41, 5.74) is 5.41. The molecule has 208 valence electrons. The Hall–Kier alpha value is -3.39. The molecule has 3 aromatic rings. The van der Waals surface area contributed by atoms with Crippen molar-refractivity contribution in [3.05, 3.63) is 101 Å². The standard InChI is InChI=1S/C36H42N2O2/c1-3-38-22-6-10-33(38)18-19-36(39)32-9-5-11-35(26-32)40-34-20-23-37(24-21-34)27-31-8-4-7-30(25-31)17-16-29-14-12-28(2)13-15-29/h4-5,7-9,11-15,25-26,33-34H,3,6,10,18-24,27H2,1-2H3/t33-/m1/s1. The van der Waals surface area contributed by atoms with E-state index >= 15 is 0 Å². The number of piperidine rings is 1. The van der Waals surface area contributed by atoms with Gasteiger partial charge in [-0.3, -0.25) is 9.69 Å². The van der Waals surface area contributed by atoms with Gasteiger partial charge in [-0.05, 0) is 94.1 Å². The number of aryl methyl sites for hydroxylation is 1. The Morgan fingerprint density at radius 2 is 1.68 bits per heavy atom. The van der Waals surface area contributed by atoms with E-state index in [0.29, 0.717) is 12.5 Å². The molecule has 2 saturated heterocycles. The Labute approximate surface area is 240 Å². The Bertz CT molecular complexity index is 1330. The van der Waals surface area contributed by atoms with Crippen LogP contribution in [0.5, 0.6) is 5.75 Å². The monoisotopic (exact) mass is 534 g/mol. The predicted molar refractivity (Wildman–Crippen MR) is 163 cm³/mol. The van der Waals surface area contributed by atoms with Crippen molar-refractivity contribution in [2.24, 2.45) is 0 Å². The van der Waals surface area contributed by atoms with Crippen molar-refractivity contribution in [1.29, 1.82) is 0 Å². The second kappa shape index (κ2) is 13.8. The number of rotatable bonds is 9. The highest BCUT2D eigenvalue weighted by Crippen LogP contribution is 2.24. The van der Waals surface area contributed by atoms with Gasteiger partial charge in [0.25, 0.3) is 0 Å². The van der Waals surface area contributed by atoms with Gasteiger partial charge in [0.1, 0.15) is 11.9 Å². The zero-order valence-electron chi connectivity index (χ0n) is 24.1. The van der Waals surface area contributed by atoms with Crippen molar-refractivity contribution in [3.63, 3.8) is 0 Å². The molecule has 4 nitrogen and oxygen atoms in total. The van der Waals surface area contributed by atoms with Gasteiger partial charge in [-0.25, -0.2) is 0 Å². The van der Waals surface area contributed by atoms with E-state index in [4.69, 9.17) is 4.74 Å². The average molecular weight is 535 g/mol. The first kappa shape index (κ1) is 28.1. The molecule has 0 spiro atoms. The molecule has 4 heteroatoms. The maximum Gasteiger partial charge on any atom is 0.163 e. The minimum Gasteiger partial charge on any atom is -0.490 e. The summed E-state index contributed by atoms with van der Waals surface area (Å²) < 4.78 is 6.35. The topological polar surface area (TPSA) is 32.8 Å². The molecular weight excluding hydrogens is 492 g/mol. The van der Waals surface area contributed by atoms with Crippen molar-refractivity contribution >= 4 is 5.78 Å². The zero-order valence-corrected chi connectivity index (χ0v) is 24.1. The van der Waals surface area contributed by atoms with E-state index in [9.17, 15) is 4.79 Å². The third kappa shape index (κ3) is 7.84. The van der Waals surface area contributed by atoms with Crippen LogP contribution in [0.3, 0.4) is 0 Å². The second-order valence-corrected chi connectivity index (χ2v) is 11.3. The van der Waals surface area contributed by atoms with E-state index in [2.05, 4.69) is 84.0 Å². The molecule has 0 radical (unpaired) electrons. The third-order valence-corrected chi connectivity index (χ3v) is 8.34. The molecule has 1 atom stereocenters. The SMILES string of the molecule is CCN1CCC[C@@H]1CCC(=O)c1cccc(OC2CCN(Cc3cccc(C#Cc4ccc(C)cc4)c3)CC2)c1. The summed E-state index contributed by atoms with van der Waals surface area (Å²) in [6.45, 7) is 9.48. The van der Waals surface area contributed by atoms with Gasteiger partial charge in [-0.1, -0.05) is 60.7 Å². The minimum absolute atomic E-state index is 0.185. The summed E-state index contributed by atoms with van der Waals surface area (Å²) in [6.07, 6.45) is 6.20. The fourth-order valence-electron chi connectivity index (χ4n) is 5.99. The number of benzene rings is 3. The molecule has 2 heterocycles. The molecule has 2 fully saturated rings. The van der Waals surface area contributed by atoms with E-state index in [1.54, 1.807) is 0 Å². The maximum absolute atomic E-state index is 12.9. The molecule has 5 rings (SSSR count). The number of hydrogen-bond acceptors (Lipinski definition) is 4. The van der Waals surface area contributed by atoms with Crippen molar-refractivity contribution in [1.82, 2.24) is 9.80 Å². The van der Waals surface area contributed by atoms with Gasteiger partial charge >= 0.3 is 0 Å². The van der Waals surface area contributed by atoms with Crippen LogP contribution < -0.4 is 4.74 Å². The second-order valence-electron chi connectivity index (χ2n) is 11.3. The van der Waals surface area contributed by atoms with Gasteiger partial charge in [0.15, 0.2) is 5.78 Å². The van der Waals surface area contributed by atoms with Crippen LogP contribution in [-0.2, 0) is 6.54 Å². The first-order chi connectivity index (χ1) is 19.6. The van der Waals surface area contributed by atoms with Crippen LogP contribution in [0, 0.1) is 18.8 Å². The molecule has 0 bridgehead atoms. The van der Waals surface area contributed by atoms with Gasteiger partial charge in [-0.2, -0.15) is 0 Å². The molecule has 2 aliphatic heterocycles. The molecular formula is C36H42N2O2. The average Bonchev–Trinajstić information content (AvgIpc) is 3.45. The van der Waals surface area contributed by atoms with Gasteiger partial charge < -0.3 is 9.64 Å². The Morgan fingerprint density at radius 3 is 2.48 bits per heavy atom. The number of nitrogens with zero attached hydrogens (tertiary/aromatic N) is 2. The summed E-state index contributed by atoms with van der Waals surface area (Å²) in [5.74, 6) is 7.65. The number of ketones is 1. The number of hydrogen-bond donors (Lipinski definition) is 0. The van der Waals surface area contributed by atoms with E-state index in [0.717, 1.165) is 67.9 Å². The number of likely N-dealkylation sites (tertiary alicyclic amines) is 2. The number of carbonyl (C=O) groups excluding carboxylic acids is 1. The van der Waals surface area contributed by atoms with Crippen LogP contribution in [0.2, 0.25) is 0 Å². The lowest BCUT2D eigenvalue weighted by atomic mass is 10.0. The van der Waals surface area contributed by atoms with Crippen LogP contribution >= 0.6 is 0 Å². The normalized spacial score (nSPS) is 18.3. The molecule has 3 aromatic carbocycles. The maximum atomic E-state index is 12.9. The van der Waals surface area contributed by atoms with Gasteiger partial charge in [0.2, 0.25) is 0 Å². The Balaban J connectivity index is 1.09. The van der Waals surface area contributed by atoms with Crippen LogP contribution in [0.1, 0.15) is 78.1 Å². The molecule has 0 saturated carbocycles. The van der Waals surface area contributed by atoms with E-state index < -0.39 is 0 Å². The van der Waals surface area contributed by atoms with Crippen molar-refractivity contribution in [2.75, 3.05) is 26.2 Å². The van der Waals surface area contributed by atoms with E-state index in [-0.39, 0.29) is 11.9 Å². The largest absolute Gasteiger partial charge is 0.490 e. The third-order valence-electron chi connectivity index (χ3n) is 8.34. The molecule has 0 aliphatic carbocycles. The lowest BCUT2D eigenvalue weighted by Crippen LogP contribution is -2.37. The lowest BCUT2D eigenvalue weighted by molar-refractivity contribution is 0.0945. The minimum atomic E-state index is 0.185. The van der Waals surface area contributed by atoms with Crippen LogP contribution in [0.4, 0.5) is 0 Å². The highest BCUT2D eigenvalue weighted by atomic mass is 16.5. The van der Waals surface area contributed by atoms with Gasteiger partial charge in [-0.15, -0.1) is 0 Å². The van der Waals surface area contributed by atoms with Gasteiger partial charge in [0, 0.05) is 48.8 Å². The van der Waals surface area contributed by atoms with E-state index in [1.165, 1.54) is 30.5 Å². The van der Waals surface area contributed by atoms with Crippen molar-refractivity contribution in [2.45, 2.75) is 71.1 Å². The van der Waals surface area contributed by atoms with Crippen molar-refractivity contribution < 1.29 is 9.53 Å². The summed E-state index contributed by atoms with van der Waals surface area (Å²) >= 11 is 0. The number of Topliss-reactive ketones (excluding diaryl/α,β-unsaturated/α-hetero) is 1. The lowest BCUT2D eigenvalue weighted by Gasteiger charge is -2.32. The zero-order chi connectivity index (χ0) is 27.7. The summed E-state index contributed by atoms with van der Waals surface area (Å²) in [7, 11) is 0. The smallest absolute Gasteiger partial charge is 0.163 e. The molecule has 0 unspecified atom stereocenters. The molecule has 0 amide bonds. The van der Waals surface area contributed by atoms with Gasteiger partial charge in [0.05, 0.1) is 0 Å². The molecule has 40 heavy (non-hydrogen) atoms. The molecule has 0 aromatic heterocycles.